The third-order valence-corrected chi connectivity index (χ3v) is 3.81. The van der Waals surface area contributed by atoms with E-state index in [9.17, 15) is 4.79 Å². The molecule has 5 heteroatoms. The molecule has 0 radical (unpaired) electrons. The highest BCUT2D eigenvalue weighted by molar-refractivity contribution is 7.09. The number of nitrogens with one attached hydrogen (secondary N) is 2. The summed E-state index contributed by atoms with van der Waals surface area (Å²) in [5.74, 6) is 0. The molecule has 3 aromatic rings. The number of urea groups is 1. The fourth-order valence-electron chi connectivity index (χ4n) is 1.98. The summed E-state index contributed by atoms with van der Waals surface area (Å²) >= 11 is 1.62. The average Bonchev–Trinajstić information content (AvgIpc) is 2.99. The van der Waals surface area contributed by atoms with Crippen LogP contribution in [0.1, 0.15) is 4.88 Å². The molecule has 2 amide bonds. The fraction of sp³-hybridized carbons (Fsp3) is 0.0667. The number of carbonyl (C=O) groups excluding carboxylic acids is 1. The molecular formula is C15H13N3OS. The van der Waals surface area contributed by atoms with Gasteiger partial charge in [0.05, 0.1) is 12.2 Å². The Labute approximate surface area is 120 Å². The molecule has 0 atom stereocenters. The molecule has 20 heavy (non-hydrogen) atoms. The highest BCUT2D eigenvalue weighted by atomic mass is 32.1. The molecule has 0 bridgehead atoms. The van der Waals surface area contributed by atoms with Gasteiger partial charge in [-0.15, -0.1) is 11.3 Å². The van der Waals surface area contributed by atoms with Crippen molar-refractivity contribution in [2.75, 3.05) is 5.32 Å². The average molecular weight is 283 g/mol. The van der Waals surface area contributed by atoms with Crippen molar-refractivity contribution in [1.82, 2.24) is 10.3 Å². The van der Waals surface area contributed by atoms with Crippen molar-refractivity contribution < 1.29 is 4.79 Å². The van der Waals surface area contributed by atoms with Gasteiger partial charge in [0, 0.05) is 28.0 Å². The summed E-state index contributed by atoms with van der Waals surface area (Å²) in [6, 6.07) is 11.4. The Hall–Kier alpha value is -2.40. The largest absolute Gasteiger partial charge is 0.333 e. The molecule has 3 rings (SSSR count). The van der Waals surface area contributed by atoms with Gasteiger partial charge in [-0.2, -0.15) is 0 Å². The van der Waals surface area contributed by atoms with E-state index >= 15 is 0 Å². The molecule has 0 unspecified atom stereocenters. The number of benzene rings is 1. The lowest BCUT2D eigenvalue weighted by atomic mass is 10.1. The van der Waals surface area contributed by atoms with Gasteiger partial charge in [0.1, 0.15) is 0 Å². The van der Waals surface area contributed by atoms with Crippen molar-refractivity contribution in [3.63, 3.8) is 0 Å². The van der Waals surface area contributed by atoms with Crippen molar-refractivity contribution in [1.29, 1.82) is 0 Å². The first-order chi connectivity index (χ1) is 9.83. The van der Waals surface area contributed by atoms with Gasteiger partial charge in [-0.05, 0) is 23.6 Å². The predicted octanol–water partition coefficient (Wildman–Crippen LogP) is 3.62. The van der Waals surface area contributed by atoms with E-state index in [1.54, 1.807) is 23.7 Å². The van der Waals surface area contributed by atoms with Gasteiger partial charge in [0.15, 0.2) is 0 Å². The molecule has 0 saturated carbocycles. The van der Waals surface area contributed by atoms with Crippen LogP contribution in [0.25, 0.3) is 10.8 Å². The number of amides is 2. The van der Waals surface area contributed by atoms with Crippen LogP contribution in [0.3, 0.4) is 0 Å². The second kappa shape index (κ2) is 5.71. The lowest BCUT2D eigenvalue weighted by Gasteiger charge is -2.09. The standard InChI is InChI=1S/C15H13N3OS/c19-15(17-10-12-4-2-8-20-12)18-14-5-1-3-11-9-16-7-6-13(11)14/h1-9H,10H2,(H2,17,18,19). The number of aromatic nitrogens is 1. The third-order valence-electron chi connectivity index (χ3n) is 2.93. The van der Waals surface area contributed by atoms with Crippen molar-refractivity contribution >= 4 is 33.8 Å². The molecule has 2 aromatic heterocycles. The number of pyridine rings is 1. The van der Waals surface area contributed by atoms with Crippen LogP contribution in [0.4, 0.5) is 10.5 Å². The summed E-state index contributed by atoms with van der Waals surface area (Å²) in [5.41, 5.74) is 0.786. The molecule has 0 aliphatic heterocycles. The molecule has 0 spiro atoms. The van der Waals surface area contributed by atoms with Gasteiger partial charge in [-0.3, -0.25) is 4.98 Å². The maximum Gasteiger partial charge on any atom is 0.319 e. The van der Waals surface area contributed by atoms with Crippen LogP contribution >= 0.6 is 11.3 Å². The van der Waals surface area contributed by atoms with E-state index in [0.717, 1.165) is 21.3 Å². The van der Waals surface area contributed by atoms with Crippen molar-refractivity contribution in [2.24, 2.45) is 0 Å². The van der Waals surface area contributed by atoms with Crippen LogP contribution in [0.15, 0.2) is 54.2 Å². The minimum atomic E-state index is -0.206. The summed E-state index contributed by atoms with van der Waals surface area (Å²) in [7, 11) is 0. The molecule has 1 aromatic carbocycles. The first-order valence-electron chi connectivity index (χ1n) is 6.23. The van der Waals surface area contributed by atoms with E-state index < -0.39 is 0 Å². The maximum atomic E-state index is 11.9. The van der Waals surface area contributed by atoms with Gasteiger partial charge in [-0.25, -0.2) is 4.79 Å². The van der Waals surface area contributed by atoms with Crippen molar-refractivity contribution in [2.45, 2.75) is 6.54 Å². The van der Waals surface area contributed by atoms with E-state index in [4.69, 9.17) is 0 Å². The lowest BCUT2D eigenvalue weighted by molar-refractivity contribution is 0.252. The fourth-order valence-corrected chi connectivity index (χ4v) is 2.62. The SMILES string of the molecule is O=C(NCc1cccs1)Nc1cccc2cnccc12. The van der Waals surface area contributed by atoms with Gasteiger partial charge < -0.3 is 10.6 Å². The van der Waals surface area contributed by atoms with Gasteiger partial charge in [0.2, 0.25) is 0 Å². The summed E-state index contributed by atoms with van der Waals surface area (Å²) in [4.78, 5) is 17.1. The maximum absolute atomic E-state index is 11.9. The Kier molecular flexibility index (Phi) is 3.60. The second-order valence-electron chi connectivity index (χ2n) is 4.29. The van der Waals surface area contributed by atoms with Gasteiger partial charge >= 0.3 is 6.03 Å². The topological polar surface area (TPSA) is 54.0 Å². The Morgan fingerprint density at radius 1 is 1.20 bits per heavy atom. The zero-order chi connectivity index (χ0) is 13.8. The normalized spacial score (nSPS) is 10.4. The smallest absolute Gasteiger partial charge is 0.319 e. The number of hydrogen-bond acceptors (Lipinski definition) is 3. The Bertz CT molecular complexity index is 720. The molecule has 0 aliphatic rings. The summed E-state index contributed by atoms with van der Waals surface area (Å²) in [6.45, 7) is 0.538. The van der Waals surface area contributed by atoms with Crippen LogP contribution < -0.4 is 10.6 Å². The molecule has 100 valence electrons. The quantitative estimate of drug-likeness (QED) is 0.771. The Morgan fingerprint density at radius 3 is 3.00 bits per heavy atom. The number of thiophene rings is 1. The molecule has 2 N–H and O–H groups in total. The predicted molar refractivity (Wildman–Crippen MR) is 81.9 cm³/mol. The molecule has 4 nitrogen and oxygen atoms in total. The van der Waals surface area contributed by atoms with Crippen LogP contribution in [-0.2, 0) is 6.54 Å². The summed E-state index contributed by atoms with van der Waals surface area (Å²) in [6.07, 6.45) is 3.50. The zero-order valence-electron chi connectivity index (χ0n) is 10.7. The zero-order valence-corrected chi connectivity index (χ0v) is 11.5. The highest BCUT2D eigenvalue weighted by Crippen LogP contribution is 2.21. The van der Waals surface area contributed by atoms with Crippen LogP contribution in [0, 0.1) is 0 Å². The van der Waals surface area contributed by atoms with Crippen molar-refractivity contribution in [3.8, 4) is 0 Å². The number of fused-ring (bicyclic) bond motifs is 1. The third kappa shape index (κ3) is 2.78. The molecular weight excluding hydrogens is 270 g/mol. The van der Waals surface area contributed by atoms with Crippen molar-refractivity contribution in [3.05, 3.63) is 59.0 Å². The van der Waals surface area contributed by atoms with E-state index in [1.807, 2.05) is 41.8 Å². The monoisotopic (exact) mass is 283 g/mol. The minimum absolute atomic E-state index is 0.206. The number of anilines is 1. The first-order valence-corrected chi connectivity index (χ1v) is 7.11. The number of carbonyl (C=O) groups is 1. The van der Waals surface area contributed by atoms with E-state index in [0.29, 0.717) is 6.54 Å². The summed E-state index contributed by atoms with van der Waals surface area (Å²) < 4.78 is 0. The van der Waals surface area contributed by atoms with E-state index in [1.165, 1.54) is 0 Å². The molecule has 0 fully saturated rings. The van der Waals surface area contributed by atoms with E-state index in [2.05, 4.69) is 15.6 Å². The van der Waals surface area contributed by atoms with Crippen LogP contribution in [-0.4, -0.2) is 11.0 Å². The number of nitrogens with zero attached hydrogens (tertiary/aromatic N) is 1. The lowest BCUT2D eigenvalue weighted by Crippen LogP contribution is -2.27. The van der Waals surface area contributed by atoms with Gasteiger partial charge in [-0.1, -0.05) is 18.2 Å². The number of rotatable bonds is 3. The molecule has 2 heterocycles. The Balaban J connectivity index is 1.71. The highest BCUT2D eigenvalue weighted by Gasteiger charge is 2.05. The van der Waals surface area contributed by atoms with E-state index in [-0.39, 0.29) is 6.03 Å². The van der Waals surface area contributed by atoms with Crippen LogP contribution in [0.5, 0.6) is 0 Å². The molecule has 0 saturated heterocycles. The Morgan fingerprint density at radius 2 is 2.15 bits per heavy atom. The number of hydrogen-bond donors (Lipinski definition) is 2. The van der Waals surface area contributed by atoms with Crippen LogP contribution in [0.2, 0.25) is 0 Å². The first kappa shape index (κ1) is 12.6. The molecule has 0 aliphatic carbocycles. The summed E-state index contributed by atoms with van der Waals surface area (Å²) in [5, 5.41) is 9.69. The van der Waals surface area contributed by atoms with Gasteiger partial charge in [0.25, 0.3) is 0 Å². The minimum Gasteiger partial charge on any atom is -0.333 e. The second-order valence-corrected chi connectivity index (χ2v) is 5.32.